The number of nitrogens with two attached hydrogens (primary N) is 1. The lowest BCUT2D eigenvalue weighted by atomic mass is 10.3. The van der Waals surface area contributed by atoms with Crippen LogP contribution >= 0.6 is 0 Å². The van der Waals surface area contributed by atoms with Gasteiger partial charge in [0.2, 0.25) is 0 Å². The van der Waals surface area contributed by atoms with Crippen molar-refractivity contribution >= 4 is 11.6 Å². The third-order valence-corrected chi connectivity index (χ3v) is 2.21. The lowest BCUT2D eigenvalue weighted by Gasteiger charge is -2.18. The Labute approximate surface area is 93.3 Å². The highest BCUT2D eigenvalue weighted by molar-refractivity contribution is 5.44. The van der Waals surface area contributed by atoms with Crippen molar-refractivity contribution in [2.45, 2.75) is 6.92 Å². The van der Waals surface area contributed by atoms with E-state index in [0.29, 0.717) is 10.4 Å². The molecule has 0 radical (unpaired) electrons. The van der Waals surface area contributed by atoms with Crippen molar-refractivity contribution in [1.82, 2.24) is 5.10 Å². The van der Waals surface area contributed by atoms with Crippen LogP contribution in [0.25, 0.3) is 0 Å². The number of hydrogen-bond acceptors (Lipinski definition) is 6. The third-order valence-electron chi connectivity index (χ3n) is 2.21. The molecule has 0 atom stereocenters. The number of aryl methyl sites for hydroxylation is 1. The van der Waals surface area contributed by atoms with Crippen molar-refractivity contribution in [2.75, 3.05) is 36.9 Å². The van der Waals surface area contributed by atoms with Gasteiger partial charge in [0.1, 0.15) is 13.1 Å². The van der Waals surface area contributed by atoms with Crippen LogP contribution in [0.3, 0.4) is 0 Å². The first-order chi connectivity index (χ1) is 7.60. The zero-order chi connectivity index (χ0) is 12.1. The highest BCUT2D eigenvalue weighted by atomic mass is 16.5. The van der Waals surface area contributed by atoms with Gasteiger partial charge in [0.15, 0.2) is 5.82 Å². The number of hydrogen-bond donors (Lipinski definition) is 3. The number of aliphatic hydroxyl groups is 2. The predicted molar refractivity (Wildman–Crippen MR) is 58.7 cm³/mol. The summed E-state index contributed by atoms with van der Waals surface area (Å²) < 4.78 is 0. The number of aliphatic hydroxyl groups excluding tert-OH is 2. The highest BCUT2D eigenvalue weighted by Crippen LogP contribution is 2.12. The molecule has 0 saturated heterocycles. The second-order valence-electron chi connectivity index (χ2n) is 3.38. The first kappa shape index (κ1) is 12.5. The van der Waals surface area contributed by atoms with Crippen molar-refractivity contribution in [3.8, 4) is 0 Å². The van der Waals surface area contributed by atoms with E-state index in [0.717, 1.165) is 0 Å². The molecule has 1 aromatic rings. The van der Waals surface area contributed by atoms with Crippen LogP contribution in [0.4, 0.5) is 11.6 Å². The summed E-state index contributed by atoms with van der Waals surface area (Å²) in [5.41, 5.74) is 6.17. The quantitative estimate of drug-likeness (QED) is 0.413. The summed E-state index contributed by atoms with van der Waals surface area (Å²) in [6.45, 7) is 2.04. The molecule has 0 saturated carbocycles. The van der Waals surface area contributed by atoms with Crippen molar-refractivity contribution in [3.05, 3.63) is 16.8 Å². The molecule has 90 valence electrons. The minimum atomic E-state index is -0.108. The van der Waals surface area contributed by atoms with Gasteiger partial charge in [-0.1, -0.05) is 5.10 Å². The number of rotatable bonds is 5. The monoisotopic (exact) mass is 228 g/mol. The second-order valence-corrected chi connectivity index (χ2v) is 3.38. The molecule has 0 unspecified atom stereocenters. The van der Waals surface area contributed by atoms with E-state index in [9.17, 15) is 5.21 Å². The zero-order valence-electron chi connectivity index (χ0n) is 9.13. The van der Waals surface area contributed by atoms with Crippen LogP contribution in [0.5, 0.6) is 0 Å². The molecule has 0 spiro atoms. The van der Waals surface area contributed by atoms with Crippen LogP contribution in [0.2, 0.25) is 0 Å². The van der Waals surface area contributed by atoms with E-state index in [-0.39, 0.29) is 37.9 Å². The van der Waals surface area contributed by atoms with Gasteiger partial charge in [-0.3, -0.25) is 4.90 Å². The van der Waals surface area contributed by atoms with Crippen LogP contribution in [-0.2, 0) is 0 Å². The SMILES string of the molecule is Cc1cc(N(CCO)CCO)[n+]([O-])nc1N. The maximum atomic E-state index is 11.5. The van der Waals surface area contributed by atoms with Crippen LogP contribution in [0.1, 0.15) is 5.56 Å². The smallest absolute Gasteiger partial charge is 0.301 e. The summed E-state index contributed by atoms with van der Waals surface area (Å²) in [5, 5.41) is 32.8. The Morgan fingerprint density at radius 1 is 1.44 bits per heavy atom. The summed E-state index contributed by atoms with van der Waals surface area (Å²) in [6, 6.07) is 1.58. The molecule has 16 heavy (non-hydrogen) atoms. The van der Waals surface area contributed by atoms with Gasteiger partial charge in [-0.2, -0.15) is 0 Å². The van der Waals surface area contributed by atoms with Crippen molar-refractivity contribution < 1.29 is 15.1 Å². The van der Waals surface area contributed by atoms with E-state index in [1.165, 1.54) is 0 Å². The second kappa shape index (κ2) is 5.47. The lowest BCUT2D eigenvalue weighted by Crippen LogP contribution is -2.43. The number of aromatic nitrogens is 2. The predicted octanol–water partition coefficient (Wildman–Crippen LogP) is -1.60. The average molecular weight is 228 g/mol. The van der Waals surface area contributed by atoms with Crippen LogP contribution < -0.4 is 15.5 Å². The van der Waals surface area contributed by atoms with E-state index in [1.807, 2.05) is 0 Å². The van der Waals surface area contributed by atoms with E-state index in [4.69, 9.17) is 15.9 Å². The van der Waals surface area contributed by atoms with Crippen LogP contribution in [-0.4, -0.2) is 41.6 Å². The van der Waals surface area contributed by atoms with Gasteiger partial charge in [-0.15, -0.1) is 4.85 Å². The van der Waals surface area contributed by atoms with E-state index < -0.39 is 0 Å². The van der Waals surface area contributed by atoms with Crippen LogP contribution in [0.15, 0.2) is 6.07 Å². The molecule has 0 aliphatic rings. The first-order valence-electron chi connectivity index (χ1n) is 4.93. The number of anilines is 2. The highest BCUT2D eigenvalue weighted by Gasteiger charge is 2.18. The lowest BCUT2D eigenvalue weighted by molar-refractivity contribution is -0.655. The normalized spacial score (nSPS) is 10.4. The Morgan fingerprint density at radius 3 is 2.50 bits per heavy atom. The van der Waals surface area contributed by atoms with Crippen molar-refractivity contribution in [3.63, 3.8) is 0 Å². The fraction of sp³-hybridized carbons (Fsp3) is 0.556. The molecule has 1 aromatic heterocycles. The largest absolute Gasteiger partial charge is 0.691 e. The topological polar surface area (TPSA) is 110 Å². The molecular weight excluding hydrogens is 212 g/mol. The van der Waals surface area contributed by atoms with Gasteiger partial charge in [0, 0.05) is 11.6 Å². The molecule has 0 amide bonds. The van der Waals surface area contributed by atoms with Crippen molar-refractivity contribution in [2.24, 2.45) is 0 Å². The molecule has 0 fully saturated rings. The molecule has 1 heterocycles. The minimum absolute atomic E-state index is 0.108. The number of nitrogen functional groups attached to an aromatic ring is 1. The van der Waals surface area contributed by atoms with Crippen LogP contribution in [0, 0.1) is 12.1 Å². The average Bonchev–Trinajstić information content (AvgIpc) is 2.23. The van der Waals surface area contributed by atoms with Gasteiger partial charge in [-0.05, 0) is 6.92 Å². The Kier molecular flexibility index (Phi) is 4.27. The maximum absolute atomic E-state index is 11.5. The molecule has 7 heteroatoms. The Bertz CT molecular complexity index is 353. The third kappa shape index (κ3) is 2.71. The van der Waals surface area contributed by atoms with Gasteiger partial charge in [0.25, 0.3) is 0 Å². The van der Waals surface area contributed by atoms with Gasteiger partial charge in [0.05, 0.1) is 13.2 Å². The molecule has 0 aliphatic carbocycles. The van der Waals surface area contributed by atoms with Gasteiger partial charge < -0.3 is 21.2 Å². The summed E-state index contributed by atoms with van der Waals surface area (Å²) in [4.78, 5) is 1.94. The van der Waals surface area contributed by atoms with Gasteiger partial charge in [-0.25, -0.2) is 0 Å². The Morgan fingerprint density at radius 2 is 2.00 bits per heavy atom. The molecule has 7 nitrogen and oxygen atoms in total. The minimum Gasteiger partial charge on any atom is -0.691 e. The summed E-state index contributed by atoms with van der Waals surface area (Å²) in [6.07, 6.45) is 0. The van der Waals surface area contributed by atoms with Gasteiger partial charge >= 0.3 is 5.82 Å². The summed E-state index contributed by atoms with van der Waals surface area (Å²) in [5.74, 6) is 0.446. The molecule has 0 aromatic carbocycles. The van der Waals surface area contributed by atoms with E-state index >= 15 is 0 Å². The number of nitrogens with zero attached hydrogens (tertiary/aromatic N) is 3. The first-order valence-corrected chi connectivity index (χ1v) is 4.93. The zero-order valence-corrected chi connectivity index (χ0v) is 9.13. The molecule has 4 N–H and O–H groups in total. The Hall–Kier alpha value is -1.60. The molecule has 0 aliphatic heterocycles. The summed E-state index contributed by atoms with van der Waals surface area (Å²) in [7, 11) is 0. The van der Waals surface area contributed by atoms with E-state index in [2.05, 4.69) is 5.10 Å². The molecule has 0 bridgehead atoms. The van der Waals surface area contributed by atoms with Crippen molar-refractivity contribution in [1.29, 1.82) is 0 Å². The van der Waals surface area contributed by atoms with E-state index in [1.54, 1.807) is 17.9 Å². The molecule has 1 rings (SSSR count). The maximum Gasteiger partial charge on any atom is 0.301 e. The fourth-order valence-electron chi connectivity index (χ4n) is 1.35. The summed E-state index contributed by atoms with van der Waals surface area (Å²) >= 11 is 0. The standard InChI is InChI=1S/C9H16N4O3/c1-7-6-8(13(16)11-9(7)10)12(2-4-14)3-5-15/h6,14-15H,2-5H2,1H3,(H2,10,11). The fourth-order valence-corrected chi connectivity index (χ4v) is 1.35. The Balaban J connectivity index is 3.03. The molecular formula is C9H16N4O3.